The predicted molar refractivity (Wildman–Crippen MR) is 16.8 cm³/mol. The second kappa shape index (κ2) is 6.12. The Morgan fingerprint density at radius 2 is 2.00 bits per heavy atom. The van der Waals surface area contributed by atoms with Gasteiger partial charge in [0.1, 0.15) is 0 Å². The van der Waals surface area contributed by atoms with Gasteiger partial charge in [-0.25, -0.2) is 0 Å². The van der Waals surface area contributed by atoms with Crippen molar-refractivity contribution in [1.29, 1.82) is 0 Å². The summed E-state index contributed by atoms with van der Waals surface area (Å²) in [6.07, 6.45) is 0. The Morgan fingerprint density at radius 1 is 1.83 bits per heavy atom. The average molecular weight is 184 g/mol. The van der Waals surface area contributed by atoms with E-state index in [1.165, 1.54) is 7.11 Å². The summed E-state index contributed by atoms with van der Waals surface area (Å²) in [5.41, 5.74) is 0. The Morgan fingerprint density at radius 3 is 2.00 bits per heavy atom. The van der Waals surface area contributed by atoms with Gasteiger partial charge in [-0.3, -0.25) is 0 Å². The van der Waals surface area contributed by atoms with Crippen molar-refractivity contribution in [2.45, 2.75) is 0 Å². The number of hydrogen-bond acceptors (Lipinski definition) is 2. The number of hydrogen-bond donors (Lipinski definition) is 1. The van der Waals surface area contributed by atoms with Crippen LogP contribution in [0.4, 0.5) is 0 Å². The van der Waals surface area contributed by atoms with Crippen LogP contribution < -0.4 is 0 Å². The summed E-state index contributed by atoms with van der Waals surface area (Å²) in [4.78, 5) is 7.65. The van der Waals surface area contributed by atoms with Crippen LogP contribution in [0.1, 0.15) is 0 Å². The zero-order valence-corrected chi connectivity index (χ0v) is 7.02. The van der Waals surface area contributed by atoms with Gasteiger partial charge in [0.25, 0.3) is 0 Å². The minimum atomic E-state index is -2.35. The molecule has 5 heteroatoms. The molecule has 1 radical (unpaired) electrons. The van der Waals surface area contributed by atoms with Crippen molar-refractivity contribution in [3.63, 3.8) is 0 Å². The van der Waals surface area contributed by atoms with Crippen LogP contribution in [0.15, 0.2) is 0 Å². The van der Waals surface area contributed by atoms with Gasteiger partial charge in [0.2, 0.25) is 0 Å². The molecule has 1 unspecified atom stereocenters. The quantitative estimate of drug-likeness (QED) is 0.595. The van der Waals surface area contributed by atoms with Crippen molar-refractivity contribution >= 4 is 8.25 Å². The van der Waals surface area contributed by atoms with Gasteiger partial charge in [-0.2, -0.15) is 0 Å². The Labute approximate surface area is 61.9 Å². The largest absolute Gasteiger partial charge is 0.694 e. The van der Waals surface area contributed by atoms with Crippen LogP contribution in [0.3, 0.4) is 0 Å². The molecular weight excluding hydrogens is 180 g/mol. The molecule has 33 valence electrons. The summed E-state index contributed by atoms with van der Waals surface area (Å²) >= 11 is 0. The van der Waals surface area contributed by atoms with E-state index in [1.807, 2.05) is 0 Å². The van der Waals surface area contributed by atoms with Gasteiger partial charge in [0.05, 0.1) is 7.11 Å². The van der Waals surface area contributed by atoms with E-state index in [1.54, 1.807) is 0 Å². The van der Waals surface area contributed by atoms with E-state index >= 15 is 0 Å². The van der Waals surface area contributed by atoms with E-state index in [-0.39, 0.29) is 32.7 Å². The smallest absolute Gasteiger partial charge is 0.133 e. The fourth-order valence-corrected chi connectivity index (χ4v) is 0. The number of rotatable bonds is 1. The van der Waals surface area contributed by atoms with Gasteiger partial charge < -0.3 is 0 Å². The molecule has 0 heterocycles. The monoisotopic (exact) mass is 184 g/mol. The first-order valence-electron chi connectivity index (χ1n) is 0.973. The molecule has 0 aliphatic rings. The molecule has 0 aromatic heterocycles. The van der Waals surface area contributed by atoms with Crippen molar-refractivity contribution < 1.29 is 46.7 Å². The van der Waals surface area contributed by atoms with Crippen molar-refractivity contribution in [1.82, 2.24) is 0 Å². The maximum Gasteiger partial charge on any atom is 0.694 e. The molecule has 0 aromatic carbocycles. The molecule has 0 aliphatic carbocycles. The third-order valence-corrected chi connectivity index (χ3v) is 0.469. The Balaban J connectivity index is 0. The molecular formula is CH4O3PY+. The molecule has 0 rings (SSSR count). The maximum atomic E-state index is 9.29. The summed E-state index contributed by atoms with van der Waals surface area (Å²) < 4.78 is 13.1. The first-order chi connectivity index (χ1) is 2.27. The van der Waals surface area contributed by atoms with Gasteiger partial charge in [-0.05, 0) is 0 Å². The molecule has 6 heavy (non-hydrogen) atoms. The first kappa shape index (κ1) is 10.2. The Kier molecular flexibility index (Phi) is 10.4. The molecule has 0 spiro atoms. The zero-order chi connectivity index (χ0) is 4.28. The van der Waals surface area contributed by atoms with Crippen molar-refractivity contribution in [3.8, 4) is 0 Å². The van der Waals surface area contributed by atoms with Crippen LogP contribution in [-0.4, -0.2) is 12.0 Å². The molecule has 0 saturated heterocycles. The Bertz CT molecular complexity index is 46.1. The molecule has 0 saturated carbocycles. The molecule has 1 N–H and O–H groups in total. The van der Waals surface area contributed by atoms with Crippen LogP contribution in [0, 0.1) is 0 Å². The van der Waals surface area contributed by atoms with E-state index in [9.17, 15) is 4.57 Å². The van der Waals surface area contributed by atoms with Crippen LogP contribution in [-0.2, 0) is 41.8 Å². The zero-order valence-electron chi connectivity index (χ0n) is 3.29. The molecule has 3 nitrogen and oxygen atoms in total. The van der Waals surface area contributed by atoms with E-state index in [2.05, 4.69) is 4.52 Å². The summed E-state index contributed by atoms with van der Waals surface area (Å²) in [5, 5.41) is 0. The third kappa shape index (κ3) is 8.93. The Hall–Kier alpha value is 1.12. The van der Waals surface area contributed by atoms with Crippen LogP contribution in [0.25, 0.3) is 0 Å². The van der Waals surface area contributed by atoms with Crippen molar-refractivity contribution in [2.24, 2.45) is 0 Å². The van der Waals surface area contributed by atoms with Crippen LogP contribution in [0.5, 0.6) is 0 Å². The minimum Gasteiger partial charge on any atom is -0.133 e. The van der Waals surface area contributed by atoms with E-state index in [0.29, 0.717) is 0 Å². The average Bonchev–Trinajstić information content (AvgIpc) is 1.38. The van der Waals surface area contributed by atoms with E-state index in [4.69, 9.17) is 4.89 Å². The molecule has 0 fully saturated rings. The summed E-state index contributed by atoms with van der Waals surface area (Å²) in [5.74, 6) is 0. The normalized spacial score (nSPS) is 9.33. The van der Waals surface area contributed by atoms with Crippen LogP contribution in [0.2, 0.25) is 0 Å². The fourth-order valence-electron chi connectivity index (χ4n) is 0. The van der Waals surface area contributed by atoms with Gasteiger partial charge >= 0.3 is 8.25 Å². The molecule has 0 aromatic rings. The second-order valence-electron chi connectivity index (χ2n) is 0.420. The van der Waals surface area contributed by atoms with Gasteiger partial charge in [-0.1, -0.05) is 0 Å². The third-order valence-electron chi connectivity index (χ3n) is 0.156. The molecule has 1 atom stereocenters. The standard InChI is InChI=1S/CH3O3P.Y/c1-4-5(2)3;/h1H3;/p+1. The fraction of sp³-hybridized carbons (Fsp3) is 1.00. The SMILES string of the molecule is CO[P+](=O)O.[Y]. The molecule has 0 amide bonds. The topological polar surface area (TPSA) is 46.5 Å². The van der Waals surface area contributed by atoms with Gasteiger partial charge in [0.15, 0.2) is 0 Å². The maximum absolute atomic E-state index is 9.29. The molecule has 0 aliphatic heterocycles. The van der Waals surface area contributed by atoms with Gasteiger partial charge in [0, 0.05) is 37.3 Å². The summed E-state index contributed by atoms with van der Waals surface area (Å²) in [6, 6.07) is 0. The van der Waals surface area contributed by atoms with E-state index < -0.39 is 8.25 Å². The second-order valence-corrected chi connectivity index (χ2v) is 1.26. The van der Waals surface area contributed by atoms with Gasteiger partial charge in [-0.15, -0.1) is 9.42 Å². The first-order valence-corrected chi connectivity index (χ1v) is 2.10. The van der Waals surface area contributed by atoms with Crippen LogP contribution >= 0.6 is 8.25 Å². The molecule has 0 bridgehead atoms. The predicted octanol–water partition coefficient (Wildman–Crippen LogP) is 0.280. The minimum absolute atomic E-state index is 0. The summed E-state index contributed by atoms with van der Waals surface area (Å²) in [6.45, 7) is 0. The van der Waals surface area contributed by atoms with E-state index in [0.717, 1.165) is 0 Å². The van der Waals surface area contributed by atoms with Crippen molar-refractivity contribution in [2.75, 3.05) is 7.11 Å². The summed E-state index contributed by atoms with van der Waals surface area (Å²) in [7, 11) is -1.18. The van der Waals surface area contributed by atoms with Crippen molar-refractivity contribution in [3.05, 3.63) is 0 Å².